The number of anilines is 1. The van der Waals surface area contributed by atoms with Crippen LogP contribution in [0, 0.1) is 0 Å². The van der Waals surface area contributed by atoms with Gasteiger partial charge in [-0.25, -0.2) is 0 Å². The van der Waals surface area contributed by atoms with E-state index in [1.807, 2.05) is 19.2 Å². The Balaban J connectivity index is 2.02. The first-order valence-electron chi connectivity index (χ1n) is 5.89. The predicted octanol–water partition coefficient (Wildman–Crippen LogP) is 2.05. The van der Waals surface area contributed by atoms with Crippen molar-refractivity contribution in [2.24, 2.45) is 0 Å². The molecular formula is C13H15BrN4O. The number of hydrogen-bond acceptors (Lipinski definition) is 3. The fourth-order valence-electron chi connectivity index (χ4n) is 1.76. The van der Waals surface area contributed by atoms with Gasteiger partial charge < -0.3 is 11.1 Å². The Morgan fingerprint density at radius 1 is 1.58 bits per heavy atom. The average molecular weight is 323 g/mol. The number of nitrogens with one attached hydrogen (secondary N) is 1. The van der Waals surface area contributed by atoms with Gasteiger partial charge in [0.1, 0.15) is 0 Å². The molecule has 0 fully saturated rings. The fraction of sp³-hybridized carbons (Fsp3) is 0.231. The third-order valence-electron chi connectivity index (χ3n) is 2.66. The number of nitrogens with zero attached hydrogens (tertiary/aromatic N) is 2. The van der Waals surface area contributed by atoms with Gasteiger partial charge in [0.25, 0.3) is 5.91 Å². The van der Waals surface area contributed by atoms with E-state index in [9.17, 15) is 4.79 Å². The highest BCUT2D eigenvalue weighted by atomic mass is 79.9. The van der Waals surface area contributed by atoms with Gasteiger partial charge in [-0.15, -0.1) is 0 Å². The molecule has 1 atom stereocenters. The van der Waals surface area contributed by atoms with Gasteiger partial charge in [-0.2, -0.15) is 5.10 Å². The van der Waals surface area contributed by atoms with Crippen LogP contribution in [0.25, 0.3) is 0 Å². The molecule has 0 spiro atoms. The normalized spacial score (nSPS) is 12.1. The largest absolute Gasteiger partial charge is 0.398 e. The van der Waals surface area contributed by atoms with Crippen LogP contribution < -0.4 is 11.1 Å². The average Bonchev–Trinajstić information content (AvgIpc) is 2.84. The molecule has 1 aromatic heterocycles. The molecule has 1 aromatic carbocycles. The quantitative estimate of drug-likeness (QED) is 0.846. The zero-order chi connectivity index (χ0) is 13.8. The highest BCUT2D eigenvalue weighted by Gasteiger charge is 2.13. The number of carbonyl (C=O) groups is 1. The number of nitrogen functional groups attached to an aromatic ring is 1. The van der Waals surface area contributed by atoms with Crippen LogP contribution in [-0.4, -0.2) is 21.7 Å². The molecule has 0 bridgehead atoms. The van der Waals surface area contributed by atoms with E-state index in [1.165, 1.54) is 0 Å². The van der Waals surface area contributed by atoms with Crippen molar-refractivity contribution in [2.45, 2.75) is 19.5 Å². The van der Waals surface area contributed by atoms with Crippen LogP contribution in [0.3, 0.4) is 0 Å². The third kappa shape index (κ3) is 3.57. The second-order valence-corrected chi connectivity index (χ2v) is 5.25. The van der Waals surface area contributed by atoms with Crippen molar-refractivity contribution in [1.29, 1.82) is 0 Å². The van der Waals surface area contributed by atoms with E-state index in [-0.39, 0.29) is 11.9 Å². The second-order valence-electron chi connectivity index (χ2n) is 4.33. The first-order valence-corrected chi connectivity index (χ1v) is 6.69. The topological polar surface area (TPSA) is 72.9 Å². The first-order chi connectivity index (χ1) is 9.06. The summed E-state index contributed by atoms with van der Waals surface area (Å²) in [6.45, 7) is 2.54. The monoisotopic (exact) mass is 322 g/mol. The van der Waals surface area contributed by atoms with E-state index in [1.54, 1.807) is 29.1 Å². The molecule has 6 heteroatoms. The number of nitrogens with two attached hydrogens (primary N) is 1. The Morgan fingerprint density at radius 2 is 2.37 bits per heavy atom. The molecule has 5 nitrogen and oxygen atoms in total. The summed E-state index contributed by atoms with van der Waals surface area (Å²) in [6, 6.07) is 7.04. The van der Waals surface area contributed by atoms with Gasteiger partial charge in [0.15, 0.2) is 0 Å². The van der Waals surface area contributed by atoms with E-state index in [4.69, 9.17) is 5.73 Å². The molecule has 2 aromatic rings. The van der Waals surface area contributed by atoms with Gasteiger partial charge in [0, 0.05) is 28.6 Å². The van der Waals surface area contributed by atoms with Crippen molar-refractivity contribution in [3.8, 4) is 0 Å². The molecule has 0 saturated carbocycles. The minimum atomic E-state index is -0.182. The zero-order valence-corrected chi connectivity index (χ0v) is 12.1. The molecule has 19 heavy (non-hydrogen) atoms. The minimum Gasteiger partial charge on any atom is -0.398 e. The lowest BCUT2D eigenvalue weighted by Crippen LogP contribution is -2.36. The first kappa shape index (κ1) is 13.6. The van der Waals surface area contributed by atoms with Gasteiger partial charge in [-0.1, -0.05) is 15.9 Å². The van der Waals surface area contributed by atoms with Gasteiger partial charge in [-0.05, 0) is 31.2 Å². The third-order valence-corrected chi connectivity index (χ3v) is 3.15. The fourth-order valence-corrected chi connectivity index (χ4v) is 2.12. The van der Waals surface area contributed by atoms with E-state index < -0.39 is 0 Å². The summed E-state index contributed by atoms with van der Waals surface area (Å²) in [7, 11) is 0. The number of halogens is 1. The number of benzene rings is 1. The summed E-state index contributed by atoms with van der Waals surface area (Å²) < 4.78 is 2.60. The van der Waals surface area contributed by atoms with Gasteiger partial charge in [0.05, 0.1) is 12.1 Å². The van der Waals surface area contributed by atoms with Crippen molar-refractivity contribution in [1.82, 2.24) is 15.1 Å². The van der Waals surface area contributed by atoms with Crippen LogP contribution >= 0.6 is 15.9 Å². The Kier molecular flexibility index (Phi) is 4.21. The van der Waals surface area contributed by atoms with Gasteiger partial charge in [-0.3, -0.25) is 9.48 Å². The summed E-state index contributed by atoms with van der Waals surface area (Å²) >= 11 is 3.33. The molecule has 1 amide bonds. The summed E-state index contributed by atoms with van der Waals surface area (Å²) in [5.74, 6) is -0.182. The summed E-state index contributed by atoms with van der Waals surface area (Å²) in [5, 5.41) is 7.00. The lowest BCUT2D eigenvalue weighted by Gasteiger charge is -2.15. The van der Waals surface area contributed by atoms with Crippen LogP contribution in [-0.2, 0) is 6.54 Å². The molecule has 3 N–H and O–H groups in total. The molecule has 0 aliphatic heterocycles. The number of hydrogen-bond donors (Lipinski definition) is 2. The lowest BCUT2D eigenvalue weighted by atomic mass is 10.1. The maximum absolute atomic E-state index is 12.1. The number of rotatable bonds is 4. The van der Waals surface area contributed by atoms with Crippen molar-refractivity contribution in [2.75, 3.05) is 5.73 Å². The second kappa shape index (κ2) is 5.88. The van der Waals surface area contributed by atoms with Crippen molar-refractivity contribution >= 4 is 27.5 Å². The predicted molar refractivity (Wildman–Crippen MR) is 77.7 cm³/mol. The van der Waals surface area contributed by atoms with Crippen LogP contribution in [0.5, 0.6) is 0 Å². The van der Waals surface area contributed by atoms with E-state index in [0.29, 0.717) is 17.8 Å². The molecule has 0 radical (unpaired) electrons. The molecule has 0 aliphatic carbocycles. The summed E-state index contributed by atoms with van der Waals surface area (Å²) in [5.41, 5.74) is 6.74. The summed E-state index contributed by atoms with van der Waals surface area (Å²) in [4.78, 5) is 12.1. The van der Waals surface area contributed by atoms with Crippen LogP contribution in [0.15, 0.2) is 41.1 Å². The highest BCUT2D eigenvalue weighted by molar-refractivity contribution is 9.10. The maximum atomic E-state index is 12.1. The van der Waals surface area contributed by atoms with Crippen LogP contribution in [0.4, 0.5) is 5.69 Å². The van der Waals surface area contributed by atoms with Crippen LogP contribution in [0.2, 0.25) is 0 Å². The van der Waals surface area contributed by atoms with Gasteiger partial charge in [0.2, 0.25) is 0 Å². The van der Waals surface area contributed by atoms with Crippen LogP contribution in [0.1, 0.15) is 17.3 Å². The van der Waals surface area contributed by atoms with E-state index in [0.717, 1.165) is 4.47 Å². The van der Waals surface area contributed by atoms with Crippen molar-refractivity contribution < 1.29 is 4.79 Å². The molecule has 0 aliphatic rings. The highest BCUT2D eigenvalue weighted by Crippen LogP contribution is 2.18. The van der Waals surface area contributed by atoms with Crippen molar-refractivity contribution in [3.05, 3.63) is 46.7 Å². The number of amides is 1. The SMILES string of the molecule is CC(Cn1cccn1)NC(=O)c1cc(Br)ccc1N. The molecule has 2 rings (SSSR count). The number of aromatic nitrogens is 2. The minimum absolute atomic E-state index is 0.0363. The molecule has 100 valence electrons. The zero-order valence-electron chi connectivity index (χ0n) is 10.5. The van der Waals surface area contributed by atoms with Crippen molar-refractivity contribution in [3.63, 3.8) is 0 Å². The molecular weight excluding hydrogens is 308 g/mol. The molecule has 1 heterocycles. The van der Waals surface area contributed by atoms with E-state index >= 15 is 0 Å². The molecule has 1 unspecified atom stereocenters. The Bertz CT molecular complexity index is 568. The summed E-state index contributed by atoms with van der Waals surface area (Å²) in [6.07, 6.45) is 3.57. The smallest absolute Gasteiger partial charge is 0.253 e. The Hall–Kier alpha value is -1.82. The lowest BCUT2D eigenvalue weighted by molar-refractivity contribution is 0.0937. The Morgan fingerprint density at radius 3 is 3.05 bits per heavy atom. The standard InChI is InChI=1S/C13H15BrN4O/c1-9(8-18-6-2-5-16-18)17-13(19)11-7-10(14)3-4-12(11)15/h2-7,9H,8,15H2,1H3,(H,17,19). The maximum Gasteiger partial charge on any atom is 0.253 e. The number of carbonyl (C=O) groups excluding carboxylic acids is 1. The van der Waals surface area contributed by atoms with Gasteiger partial charge >= 0.3 is 0 Å². The van der Waals surface area contributed by atoms with E-state index in [2.05, 4.69) is 26.3 Å². The molecule has 0 saturated heterocycles. The Labute approximate surface area is 119 Å².